The van der Waals surface area contributed by atoms with Gasteiger partial charge in [-0.15, -0.1) is 0 Å². The van der Waals surface area contributed by atoms with Crippen LogP contribution in [0.5, 0.6) is 0 Å². The number of rotatable bonds is 6. The number of hydrogen-bond acceptors (Lipinski definition) is 2. The van der Waals surface area contributed by atoms with Crippen LogP contribution in [0.1, 0.15) is 57.9 Å². The fraction of sp³-hybridized carbons (Fsp3) is 0.625. The summed E-state index contributed by atoms with van der Waals surface area (Å²) in [5.41, 5.74) is 1.62. The SMILES string of the molecule is C=C(CCc1ccccc1)C(=O)OC1(C(C)C)C2CC3CC(C2)CC1C3. The summed E-state index contributed by atoms with van der Waals surface area (Å²) in [6, 6.07) is 10.3. The molecule has 5 rings (SSSR count). The minimum Gasteiger partial charge on any atom is -0.455 e. The molecule has 1 aromatic carbocycles. The van der Waals surface area contributed by atoms with Crippen LogP contribution in [0.25, 0.3) is 0 Å². The highest BCUT2D eigenvalue weighted by Gasteiger charge is 2.60. The molecule has 0 heterocycles. The van der Waals surface area contributed by atoms with Crippen molar-refractivity contribution in [2.24, 2.45) is 29.6 Å². The second-order valence-corrected chi connectivity index (χ2v) is 9.29. The molecular formula is C24H32O2. The summed E-state index contributed by atoms with van der Waals surface area (Å²) in [7, 11) is 0. The van der Waals surface area contributed by atoms with E-state index < -0.39 is 0 Å². The van der Waals surface area contributed by atoms with Crippen molar-refractivity contribution >= 4 is 5.97 Å². The molecule has 0 amide bonds. The van der Waals surface area contributed by atoms with Crippen molar-refractivity contribution in [2.75, 3.05) is 0 Å². The van der Waals surface area contributed by atoms with E-state index in [4.69, 9.17) is 4.74 Å². The topological polar surface area (TPSA) is 26.3 Å². The number of hydrogen-bond donors (Lipinski definition) is 0. The molecule has 4 saturated carbocycles. The van der Waals surface area contributed by atoms with Gasteiger partial charge in [-0.1, -0.05) is 50.8 Å². The summed E-state index contributed by atoms with van der Waals surface area (Å²) in [6.07, 6.45) is 7.98. The van der Waals surface area contributed by atoms with E-state index in [1.54, 1.807) is 0 Å². The van der Waals surface area contributed by atoms with Crippen molar-refractivity contribution in [1.82, 2.24) is 0 Å². The molecule has 4 aliphatic carbocycles. The number of esters is 1. The van der Waals surface area contributed by atoms with Gasteiger partial charge in [0.25, 0.3) is 0 Å². The van der Waals surface area contributed by atoms with Crippen LogP contribution >= 0.6 is 0 Å². The van der Waals surface area contributed by atoms with Gasteiger partial charge in [0, 0.05) is 5.57 Å². The molecular weight excluding hydrogens is 320 g/mol. The van der Waals surface area contributed by atoms with E-state index in [1.807, 2.05) is 18.2 Å². The fourth-order valence-corrected chi connectivity index (χ4v) is 6.42. The quantitative estimate of drug-likeness (QED) is 0.494. The lowest BCUT2D eigenvalue weighted by Crippen LogP contribution is -2.62. The fourth-order valence-electron chi connectivity index (χ4n) is 6.42. The van der Waals surface area contributed by atoms with Gasteiger partial charge in [0.1, 0.15) is 5.60 Å². The first-order valence-corrected chi connectivity index (χ1v) is 10.4. The summed E-state index contributed by atoms with van der Waals surface area (Å²) in [6.45, 7) is 8.57. The van der Waals surface area contributed by atoms with Gasteiger partial charge in [0.15, 0.2) is 0 Å². The van der Waals surface area contributed by atoms with Crippen LogP contribution in [-0.2, 0) is 16.0 Å². The average Bonchev–Trinajstić information content (AvgIpc) is 2.62. The Kier molecular flexibility index (Phi) is 4.71. The number of carbonyl (C=O) groups is 1. The maximum Gasteiger partial charge on any atom is 0.333 e. The van der Waals surface area contributed by atoms with Crippen molar-refractivity contribution in [3.63, 3.8) is 0 Å². The highest BCUT2D eigenvalue weighted by Crippen LogP contribution is 2.61. The van der Waals surface area contributed by atoms with Gasteiger partial charge in [-0.25, -0.2) is 4.79 Å². The van der Waals surface area contributed by atoms with Crippen molar-refractivity contribution < 1.29 is 9.53 Å². The predicted octanol–water partition coefficient (Wildman–Crippen LogP) is 5.57. The second-order valence-electron chi connectivity index (χ2n) is 9.29. The largest absolute Gasteiger partial charge is 0.455 e. The molecule has 140 valence electrons. The zero-order valence-electron chi connectivity index (χ0n) is 16.2. The van der Waals surface area contributed by atoms with E-state index in [9.17, 15) is 4.79 Å². The third-order valence-electron chi connectivity index (χ3n) is 7.43. The molecule has 1 aromatic rings. The molecule has 0 saturated heterocycles. The normalized spacial score (nSPS) is 34.9. The lowest BCUT2D eigenvalue weighted by molar-refractivity contribution is -0.221. The number of carbonyl (C=O) groups excluding carboxylic acids is 1. The first-order valence-electron chi connectivity index (χ1n) is 10.4. The van der Waals surface area contributed by atoms with Crippen LogP contribution in [0.15, 0.2) is 42.5 Å². The minimum absolute atomic E-state index is 0.151. The van der Waals surface area contributed by atoms with Gasteiger partial charge in [-0.3, -0.25) is 0 Å². The Labute approximate surface area is 158 Å². The Morgan fingerprint density at radius 2 is 1.65 bits per heavy atom. The van der Waals surface area contributed by atoms with Gasteiger partial charge in [-0.05, 0) is 80.1 Å². The van der Waals surface area contributed by atoms with Gasteiger partial charge < -0.3 is 4.74 Å². The molecule has 4 bridgehead atoms. The molecule has 0 spiro atoms. The van der Waals surface area contributed by atoms with Gasteiger partial charge >= 0.3 is 5.97 Å². The van der Waals surface area contributed by atoms with Crippen LogP contribution < -0.4 is 0 Å². The molecule has 0 unspecified atom stereocenters. The van der Waals surface area contributed by atoms with Crippen LogP contribution in [0.4, 0.5) is 0 Å². The Bertz CT molecular complexity index is 645. The zero-order chi connectivity index (χ0) is 18.3. The van der Waals surface area contributed by atoms with Gasteiger partial charge in [0.2, 0.25) is 0 Å². The molecule has 0 aliphatic heterocycles. The van der Waals surface area contributed by atoms with E-state index in [0.29, 0.717) is 29.7 Å². The summed E-state index contributed by atoms with van der Waals surface area (Å²) >= 11 is 0. The second kappa shape index (κ2) is 6.87. The molecule has 4 aliphatic rings. The first-order chi connectivity index (χ1) is 12.5. The van der Waals surface area contributed by atoms with Crippen LogP contribution in [0.2, 0.25) is 0 Å². The van der Waals surface area contributed by atoms with E-state index in [1.165, 1.54) is 37.7 Å². The van der Waals surface area contributed by atoms with Crippen molar-refractivity contribution in [3.8, 4) is 0 Å². The third kappa shape index (κ3) is 3.02. The molecule has 0 radical (unpaired) electrons. The number of benzene rings is 1. The predicted molar refractivity (Wildman–Crippen MR) is 105 cm³/mol. The molecule has 0 aromatic heterocycles. The molecule has 2 nitrogen and oxygen atoms in total. The lowest BCUT2D eigenvalue weighted by atomic mass is 9.47. The molecule has 0 N–H and O–H groups in total. The van der Waals surface area contributed by atoms with E-state index in [2.05, 4.69) is 32.6 Å². The van der Waals surface area contributed by atoms with E-state index >= 15 is 0 Å². The maximum absolute atomic E-state index is 12.9. The summed E-state index contributed by atoms with van der Waals surface area (Å²) in [5.74, 6) is 3.11. The lowest BCUT2D eigenvalue weighted by Gasteiger charge is -2.61. The number of aryl methyl sites for hydroxylation is 1. The third-order valence-corrected chi connectivity index (χ3v) is 7.43. The van der Waals surface area contributed by atoms with Crippen LogP contribution in [-0.4, -0.2) is 11.6 Å². The standard InChI is InChI=1S/C24H32O2/c1-16(2)24(21-12-19-11-20(14-21)15-22(24)13-19)26-23(25)17(3)9-10-18-7-5-4-6-8-18/h4-8,16,19-22H,3,9-15H2,1-2H3. The highest BCUT2D eigenvalue weighted by atomic mass is 16.6. The Morgan fingerprint density at radius 3 is 2.19 bits per heavy atom. The maximum atomic E-state index is 12.9. The van der Waals surface area contributed by atoms with Crippen molar-refractivity contribution in [1.29, 1.82) is 0 Å². The summed E-state index contributed by atoms with van der Waals surface area (Å²) < 4.78 is 6.39. The first kappa shape index (κ1) is 17.8. The van der Waals surface area contributed by atoms with Gasteiger partial charge in [-0.2, -0.15) is 0 Å². The zero-order valence-corrected chi connectivity index (χ0v) is 16.2. The molecule has 26 heavy (non-hydrogen) atoms. The van der Waals surface area contributed by atoms with E-state index in [0.717, 1.165) is 18.3 Å². The number of ether oxygens (including phenoxy) is 1. The van der Waals surface area contributed by atoms with Gasteiger partial charge in [0.05, 0.1) is 0 Å². The van der Waals surface area contributed by atoms with Crippen molar-refractivity contribution in [3.05, 3.63) is 48.0 Å². The Morgan fingerprint density at radius 1 is 1.08 bits per heavy atom. The highest BCUT2D eigenvalue weighted by molar-refractivity contribution is 5.88. The monoisotopic (exact) mass is 352 g/mol. The minimum atomic E-state index is -0.250. The molecule has 0 atom stereocenters. The summed E-state index contributed by atoms with van der Waals surface area (Å²) in [5, 5.41) is 0. The van der Waals surface area contributed by atoms with E-state index in [-0.39, 0.29) is 11.6 Å². The summed E-state index contributed by atoms with van der Waals surface area (Å²) in [4.78, 5) is 12.9. The smallest absolute Gasteiger partial charge is 0.333 e. The molecule has 2 heteroatoms. The van der Waals surface area contributed by atoms with Crippen LogP contribution in [0, 0.1) is 29.6 Å². The average molecular weight is 353 g/mol. The van der Waals surface area contributed by atoms with Crippen molar-refractivity contribution in [2.45, 2.75) is 64.4 Å². The molecule has 4 fully saturated rings. The Hall–Kier alpha value is -1.57. The Balaban J connectivity index is 1.45. The van der Waals surface area contributed by atoms with Crippen LogP contribution in [0.3, 0.4) is 0 Å².